The van der Waals surface area contributed by atoms with E-state index in [9.17, 15) is 0 Å². The van der Waals surface area contributed by atoms with Gasteiger partial charge in [0, 0.05) is 0 Å². The van der Waals surface area contributed by atoms with Gasteiger partial charge < -0.3 is 11.5 Å². The minimum absolute atomic E-state index is 0.651. The van der Waals surface area contributed by atoms with Crippen molar-refractivity contribution in [2.75, 3.05) is 13.1 Å². The number of hydrazine groups is 1. The highest BCUT2D eigenvalue weighted by atomic mass is 15.0. The molecule has 4 heteroatoms. The van der Waals surface area contributed by atoms with Gasteiger partial charge >= 0.3 is 0 Å². The van der Waals surface area contributed by atoms with Gasteiger partial charge in [-0.3, -0.25) is 11.7 Å². The summed E-state index contributed by atoms with van der Waals surface area (Å²) in [6.45, 7) is 3.74. The Bertz CT molecular complexity index is 49.0. The highest BCUT2D eigenvalue weighted by Crippen LogP contribution is 2.00. The number of hydrogen-bond acceptors (Lipinski definition) is 4. The van der Waals surface area contributed by atoms with E-state index in [4.69, 9.17) is 11.5 Å². The van der Waals surface area contributed by atoms with E-state index in [-0.39, 0.29) is 0 Å². The van der Waals surface area contributed by atoms with Crippen molar-refractivity contribution in [3.05, 3.63) is 0 Å². The molecule has 0 aliphatic carbocycles. The predicted molar refractivity (Wildman–Crippen MR) is 44.9 cm³/mol. The Kier molecular flexibility index (Phi) is 14.5. The van der Waals surface area contributed by atoms with E-state index in [2.05, 4.69) is 18.6 Å². The first-order valence-electron chi connectivity index (χ1n) is 3.54. The van der Waals surface area contributed by atoms with Gasteiger partial charge in [0.15, 0.2) is 0 Å². The van der Waals surface area contributed by atoms with Crippen molar-refractivity contribution < 1.29 is 0 Å². The lowest BCUT2D eigenvalue weighted by Crippen LogP contribution is -2.12. The molecule has 4 nitrogen and oxygen atoms in total. The van der Waals surface area contributed by atoms with E-state index < -0.39 is 0 Å². The van der Waals surface area contributed by atoms with Crippen LogP contribution in [0.5, 0.6) is 0 Å². The lowest BCUT2D eigenvalue weighted by Gasteiger charge is -2.04. The van der Waals surface area contributed by atoms with Crippen LogP contribution < -0.4 is 23.2 Å². The number of hydrogen-bond donors (Lipinski definition) is 4. The Labute approximate surface area is 62.9 Å². The van der Waals surface area contributed by atoms with Gasteiger partial charge in [-0.2, -0.15) is 0 Å². The standard InChI is InChI=1S/C6H16N2.H4N2/c1-6(5-8)3-2-4-7;1-2/h6H,2-5,7-8H2,1H3;1-2H2. The Morgan fingerprint density at radius 2 is 1.70 bits per heavy atom. The average Bonchev–Trinajstić information content (AvgIpc) is 2.04. The fourth-order valence-corrected chi connectivity index (χ4v) is 0.584. The minimum Gasteiger partial charge on any atom is -0.330 e. The third-order valence-corrected chi connectivity index (χ3v) is 1.30. The second-order valence-electron chi connectivity index (χ2n) is 2.27. The van der Waals surface area contributed by atoms with Crippen molar-refractivity contribution in [2.24, 2.45) is 29.1 Å². The van der Waals surface area contributed by atoms with Gasteiger partial charge in [-0.05, 0) is 31.8 Å². The fourth-order valence-electron chi connectivity index (χ4n) is 0.584. The van der Waals surface area contributed by atoms with Crippen LogP contribution >= 0.6 is 0 Å². The van der Waals surface area contributed by atoms with E-state index in [1.54, 1.807) is 0 Å². The molecular weight excluding hydrogens is 128 g/mol. The summed E-state index contributed by atoms with van der Waals surface area (Å²) in [4.78, 5) is 0. The molecule has 8 N–H and O–H groups in total. The molecule has 0 amide bonds. The third kappa shape index (κ3) is 10.8. The molecule has 1 atom stereocenters. The normalized spacial score (nSPS) is 11.7. The van der Waals surface area contributed by atoms with Gasteiger partial charge in [-0.25, -0.2) is 0 Å². The molecule has 0 spiro atoms. The van der Waals surface area contributed by atoms with E-state index in [0.717, 1.165) is 19.5 Å². The quantitative estimate of drug-likeness (QED) is 0.307. The van der Waals surface area contributed by atoms with Gasteiger partial charge in [0.05, 0.1) is 0 Å². The van der Waals surface area contributed by atoms with Crippen molar-refractivity contribution in [2.45, 2.75) is 19.8 Å². The molecule has 0 aromatic rings. The molecule has 0 saturated carbocycles. The first-order valence-corrected chi connectivity index (χ1v) is 3.54. The first-order chi connectivity index (χ1) is 4.81. The fraction of sp³-hybridized carbons (Fsp3) is 1.00. The molecule has 0 saturated heterocycles. The third-order valence-electron chi connectivity index (χ3n) is 1.30. The van der Waals surface area contributed by atoms with Crippen LogP contribution in [0.3, 0.4) is 0 Å². The van der Waals surface area contributed by atoms with Crippen molar-refractivity contribution in [1.29, 1.82) is 0 Å². The molecule has 0 aromatic carbocycles. The largest absolute Gasteiger partial charge is 0.330 e. The molecular formula is C6H20N4. The molecule has 0 rings (SSSR count). The molecule has 10 heavy (non-hydrogen) atoms. The van der Waals surface area contributed by atoms with Crippen LogP contribution in [0.25, 0.3) is 0 Å². The molecule has 0 fully saturated rings. The summed E-state index contributed by atoms with van der Waals surface area (Å²) in [6.07, 6.45) is 2.28. The Morgan fingerprint density at radius 1 is 1.20 bits per heavy atom. The van der Waals surface area contributed by atoms with E-state index >= 15 is 0 Å². The predicted octanol–water partition coefficient (Wildman–Crippen LogP) is -0.861. The van der Waals surface area contributed by atoms with Crippen LogP contribution in [0.1, 0.15) is 19.8 Å². The summed E-state index contributed by atoms with van der Waals surface area (Å²) >= 11 is 0. The molecule has 0 heterocycles. The summed E-state index contributed by atoms with van der Waals surface area (Å²) in [5, 5.41) is 0. The van der Waals surface area contributed by atoms with Crippen molar-refractivity contribution in [3.63, 3.8) is 0 Å². The lowest BCUT2D eigenvalue weighted by atomic mass is 10.1. The zero-order chi connectivity index (χ0) is 8.41. The van der Waals surface area contributed by atoms with Crippen LogP contribution in [-0.2, 0) is 0 Å². The van der Waals surface area contributed by atoms with E-state index in [1.807, 2.05) is 0 Å². The molecule has 64 valence electrons. The summed E-state index contributed by atoms with van der Waals surface area (Å²) in [5.41, 5.74) is 10.7. The summed E-state index contributed by atoms with van der Waals surface area (Å²) < 4.78 is 0. The lowest BCUT2D eigenvalue weighted by molar-refractivity contribution is 0.525. The highest BCUT2D eigenvalue weighted by Gasteiger charge is 1.95. The van der Waals surface area contributed by atoms with Crippen molar-refractivity contribution in [3.8, 4) is 0 Å². The maximum atomic E-state index is 5.37. The smallest absolute Gasteiger partial charge is 0.00515 e. The van der Waals surface area contributed by atoms with Gasteiger partial charge in [-0.15, -0.1) is 0 Å². The van der Waals surface area contributed by atoms with Crippen molar-refractivity contribution >= 4 is 0 Å². The molecule has 0 radical (unpaired) electrons. The van der Waals surface area contributed by atoms with Gasteiger partial charge in [0.1, 0.15) is 0 Å². The summed E-state index contributed by atoms with van der Waals surface area (Å²) in [7, 11) is 0. The average molecular weight is 148 g/mol. The van der Waals surface area contributed by atoms with Crippen LogP contribution in [0.15, 0.2) is 0 Å². The zero-order valence-electron chi connectivity index (χ0n) is 6.72. The molecule has 0 aliphatic heterocycles. The van der Waals surface area contributed by atoms with E-state index in [0.29, 0.717) is 5.92 Å². The Balaban J connectivity index is 0. The van der Waals surface area contributed by atoms with Gasteiger partial charge in [-0.1, -0.05) is 6.92 Å². The second kappa shape index (κ2) is 11.6. The Morgan fingerprint density at radius 3 is 2.00 bits per heavy atom. The second-order valence-corrected chi connectivity index (χ2v) is 2.27. The number of rotatable bonds is 4. The highest BCUT2D eigenvalue weighted by molar-refractivity contribution is 4.52. The van der Waals surface area contributed by atoms with E-state index in [1.165, 1.54) is 6.42 Å². The van der Waals surface area contributed by atoms with Gasteiger partial charge in [0.2, 0.25) is 0 Å². The molecule has 1 unspecified atom stereocenters. The SMILES string of the molecule is CC(CN)CCCN.NN. The van der Waals surface area contributed by atoms with Crippen LogP contribution in [0, 0.1) is 5.92 Å². The van der Waals surface area contributed by atoms with Crippen LogP contribution in [-0.4, -0.2) is 13.1 Å². The molecule has 0 bridgehead atoms. The number of nitrogens with two attached hydrogens (primary N) is 4. The minimum atomic E-state index is 0.651. The summed E-state index contributed by atoms with van der Waals surface area (Å²) in [6, 6.07) is 0. The molecule has 0 aliphatic rings. The Hall–Kier alpha value is -0.160. The topological polar surface area (TPSA) is 104 Å². The zero-order valence-corrected chi connectivity index (χ0v) is 6.72. The van der Waals surface area contributed by atoms with Crippen molar-refractivity contribution in [1.82, 2.24) is 0 Å². The van der Waals surface area contributed by atoms with Crippen LogP contribution in [0.4, 0.5) is 0 Å². The monoisotopic (exact) mass is 148 g/mol. The molecule has 0 aromatic heterocycles. The maximum absolute atomic E-state index is 5.37. The summed E-state index contributed by atoms with van der Waals surface area (Å²) in [5.74, 6) is 8.65. The van der Waals surface area contributed by atoms with Crippen LogP contribution in [0.2, 0.25) is 0 Å². The maximum Gasteiger partial charge on any atom is -0.00515 e. The first kappa shape index (κ1) is 12.5. The van der Waals surface area contributed by atoms with Gasteiger partial charge in [0.25, 0.3) is 0 Å².